The van der Waals surface area contributed by atoms with Gasteiger partial charge in [-0.3, -0.25) is 0 Å². The molecule has 0 aliphatic rings. The Morgan fingerprint density at radius 3 is 2.75 bits per heavy atom. The quantitative estimate of drug-likeness (QED) is 0.928. The molecule has 0 amide bonds. The maximum Gasteiger partial charge on any atom is 0.392 e. The molecule has 16 heavy (non-hydrogen) atoms. The fourth-order valence-corrected chi connectivity index (χ4v) is 1.14. The number of alkyl halides is 3. The molecule has 0 saturated carbocycles. The Balaban J connectivity index is 2.59. The molecule has 0 aliphatic heterocycles. The van der Waals surface area contributed by atoms with E-state index in [1.807, 2.05) is 0 Å². The first-order chi connectivity index (χ1) is 7.42. The topological polar surface area (TPSA) is 47.0 Å². The smallest absolute Gasteiger partial charge is 0.392 e. The maximum atomic E-state index is 11.9. The van der Waals surface area contributed by atoms with E-state index in [0.29, 0.717) is 4.47 Å². The molecular weight excluding hydrogens is 291 g/mol. The van der Waals surface area contributed by atoms with Crippen molar-refractivity contribution in [3.05, 3.63) is 10.7 Å². The van der Waals surface area contributed by atoms with Crippen molar-refractivity contribution >= 4 is 21.9 Å². The van der Waals surface area contributed by atoms with Gasteiger partial charge in [-0.1, -0.05) is 0 Å². The minimum atomic E-state index is -4.23. The van der Waals surface area contributed by atoms with Crippen LogP contribution in [0.25, 0.3) is 0 Å². The molecule has 1 aromatic rings. The van der Waals surface area contributed by atoms with Crippen molar-refractivity contribution in [2.24, 2.45) is 0 Å². The van der Waals surface area contributed by atoms with E-state index in [2.05, 4.69) is 31.2 Å². The summed E-state index contributed by atoms with van der Waals surface area (Å²) in [5.74, 6) is 0.369. The molecule has 1 heterocycles. The van der Waals surface area contributed by atoms with Crippen molar-refractivity contribution in [3.8, 4) is 5.88 Å². The van der Waals surface area contributed by atoms with Crippen LogP contribution < -0.4 is 10.1 Å². The van der Waals surface area contributed by atoms with E-state index >= 15 is 0 Å². The molecule has 0 atom stereocenters. The highest BCUT2D eigenvalue weighted by Crippen LogP contribution is 2.24. The molecule has 4 nitrogen and oxygen atoms in total. The Morgan fingerprint density at radius 1 is 1.50 bits per heavy atom. The van der Waals surface area contributed by atoms with Gasteiger partial charge in [0.1, 0.15) is 0 Å². The predicted molar refractivity (Wildman–Crippen MR) is 55.4 cm³/mol. The summed E-state index contributed by atoms with van der Waals surface area (Å²) < 4.78 is 40.9. The molecule has 0 aromatic carbocycles. The van der Waals surface area contributed by atoms with Gasteiger partial charge in [-0.2, -0.15) is 18.2 Å². The van der Waals surface area contributed by atoms with Gasteiger partial charge in [0.25, 0.3) is 0 Å². The first kappa shape index (κ1) is 13.0. The van der Waals surface area contributed by atoms with Gasteiger partial charge in [0, 0.05) is 7.05 Å². The van der Waals surface area contributed by atoms with E-state index in [1.54, 1.807) is 7.05 Å². The Labute approximate surface area is 98.4 Å². The summed E-state index contributed by atoms with van der Waals surface area (Å²) in [6.45, 7) is -0.470. The second kappa shape index (κ2) is 5.33. The van der Waals surface area contributed by atoms with Crippen LogP contribution in [0.15, 0.2) is 10.7 Å². The number of hydrogen-bond donors (Lipinski definition) is 1. The fourth-order valence-electron chi connectivity index (χ4n) is 0.837. The third-order valence-electron chi connectivity index (χ3n) is 1.56. The second-order valence-electron chi connectivity index (χ2n) is 2.81. The van der Waals surface area contributed by atoms with Crippen molar-refractivity contribution in [1.29, 1.82) is 0 Å². The van der Waals surface area contributed by atoms with E-state index < -0.39 is 19.2 Å². The Kier molecular flexibility index (Phi) is 4.34. The van der Waals surface area contributed by atoms with E-state index in [1.165, 1.54) is 6.20 Å². The van der Waals surface area contributed by atoms with Crippen molar-refractivity contribution in [2.45, 2.75) is 12.6 Å². The van der Waals surface area contributed by atoms with Gasteiger partial charge >= 0.3 is 6.18 Å². The van der Waals surface area contributed by atoms with Crippen LogP contribution in [0.3, 0.4) is 0 Å². The molecule has 90 valence electrons. The Hall–Kier alpha value is -1.05. The van der Waals surface area contributed by atoms with Crippen LogP contribution in [0.5, 0.6) is 5.88 Å². The molecule has 0 bridgehead atoms. The van der Waals surface area contributed by atoms with Crippen molar-refractivity contribution < 1.29 is 17.9 Å². The lowest BCUT2D eigenvalue weighted by molar-refractivity contribution is -0.139. The lowest BCUT2D eigenvalue weighted by atomic mass is 10.4. The SMILES string of the molecule is CNc1ncc(Br)c(OCCC(F)(F)F)n1. The van der Waals surface area contributed by atoms with Gasteiger partial charge < -0.3 is 10.1 Å². The van der Waals surface area contributed by atoms with E-state index in [-0.39, 0.29) is 11.8 Å². The van der Waals surface area contributed by atoms with Crippen LogP contribution in [-0.2, 0) is 0 Å². The molecule has 0 unspecified atom stereocenters. The number of nitrogens with zero attached hydrogens (tertiary/aromatic N) is 2. The van der Waals surface area contributed by atoms with Gasteiger partial charge in [0.05, 0.1) is 23.7 Å². The molecule has 1 rings (SSSR count). The second-order valence-corrected chi connectivity index (χ2v) is 3.66. The summed E-state index contributed by atoms with van der Waals surface area (Å²) in [5, 5.41) is 2.66. The summed E-state index contributed by atoms with van der Waals surface area (Å²) in [5.41, 5.74) is 0. The zero-order chi connectivity index (χ0) is 12.2. The molecular formula is C8H9BrF3N3O. The number of rotatable bonds is 4. The molecule has 1 N–H and O–H groups in total. The van der Waals surface area contributed by atoms with E-state index in [9.17, 15) is 13.2 Å². The third-order valence-corrected chi connectivity index (χ3v) is 2.10. The number of nitrogens with one attached hydrogen (secondary N) is 1. The standard InChI is InChI=1S/C8H9BrF3N3O/c1-13-7-14-4-5(9)6(15-7)16-3-2-8(10,11)12/h4H,2-3H2,1H3,(H,13,14,15). The number of aromatic nitrogens is 2. The number of halogens is 4. The first-order valence-electron chi connectivity index (χ1n) is 4.32. The zero-order valence-electron chi connectivity index (χ0n) is 8.31. The molecule has 1 aromatic heterocycles. The number of anilines is 1. The summed E-state index contributed by atoms with van der Waals surface area (Å²) >= 11 is 3.08. The van der Waals surface area contributed by atoms with Crippen molar-refractivity contribution in [2.75, 3.05) is 19.0 Å². The molecule has 0 fully saturated rings. The average molecular weight is 300 g/mol. The van der Waals surface area contributed by atoms with Crippen molar-refractivity contribution in [3.63, 3.8) is 0 Å². The molecule has 0 saturated heterocycles. The van der Waals surface area contributed by atoms with Crippen molar-refractivity contribution in [1.82, 2.24) is 9.97 Å². The minimum absolute atomic E-state index is 0.0867. The molecule has 0 radical (unpaired) electrons. The highest BCUT2D eigenvalue weighted by molar-refractivity contribution is 9.10. The lowest BCUT2D eigenvalue weighted by Crippen LogP contribution is -2.13. The highest BCUT2D eigenvalue weighted by atomic mass is 79.9. The summed E-state index contributed by atoms with van der Waals surface area (Å²) in [6.07, 6.45) is -3.84. The van der Waals surface area contributed by atoms with Crippen LogP contribution in [0.1, 0.15) is 6.42 Å². The normalized spacial score (nSPS) is 11.3. The maximum absolute atomic E-state index is 11.9. The van der Waals surface area contributed by atoms with Gasteiger partial charge in [-0.15, -0.1) is 0 Å². The van der Waals surface area contributed by atoms with Crippen LogP contribution in [0, 0.1) is 0 Å². The van der Waals surface area contributed by atoms with Crippen LogP contribution >= 0.6 is 15.9 Å². The highest BCUT2D eigenvalue weighted by Gasteiger charge is 2.27. The largest absolute Gasteiger partial charge is 0.476 e. The first-order valence-corrected chi connectivity index (χ1v) is 5.11. The van der Waals surface area contributed by atoms with Gasteiger partial charge in [-0.25, -0.2) is 4.98 Å². The third kappa shape index (κ3) is 4.21. The molecule has 8 heteroatoms. The van der Waals surface area contributed by atoms with Gasteiger partial charge in [0.2, 0.25) is 11.8 Å². The van der Waals surface area contributed by atoms with Crippen LogP contribution in [0.4, 0.5) is 19.1 Å². The van der Waals surface area contributed by atoms with Crippen LogP contribution in [0.2, 0.25) is 0 Å². The zero-order valence-corrected chi connectivity index (χ0v) is 9.89. The molecule has 0 aliphatic carbocycles. The van der Waals surface area contributed by atoms with E-state index in [4.69, 9.17) is 4.74 Å². The summed E-state index contributed by atoms with van der Waals surface area (Å²) in [4.78, 5) is 7.69. The predicted octanol–water partition coefficient (Wildman–Crippen LogP) is 2.61. The summed E-state index contributed by atoms with van der Waals surface area (Å²) in [7, 11) is 1.60. The van der Waals surface area contributed by atoms with Crippen LogP contribution in [-0.4, -0.2) is 29.8 Å². The molecule has 0 spiro atoms. The van der Waals surface area contributed by atoms with Gasteiger partial charge in [-0.05, 0) is 15.9 Å². The minimum Gasteiger partial charge on any atom is -0.476 e. The number of ether oxygens (including phenoxy) is 1. The average Bonchev–Trinajstić information content (AvgIpc) is 2.19. The lowest BCUT2D eigenvalue weighted by Gasteiger charge is -2.09. The fraction of sp³-hybridized carbons (Fsp3) is 0.500. The van der Waals surface area contributed by atoms with E-state index in [0.717, 1.165) is 0 Å². The monoisotopic (exact) mass is 299 g/mol. The Bertz CT molecular complexity index is 359. The summed E-state index contributed by atoms with van der Waals surface area (Å²) in [6, 6.07) is 0. The Morgan fingerprint density at radius 2 is 2.19 bits per heavy atom. The number of hydrogen-bond acceptors (Lipinski definition) is 4. The van der Waals surface area contributed by atoms with Gasteiger partial charge in [0.15, 0.2) is 0 Å².